The summed E-state index contributed by atoms with van der Waals surface area (Å²) in [6.07, 6.45) is 2.81. The van der Waals surface area contributed by atoms with Gasteiger partial charge in [-0.25, -0.2) is 4.68 Å². The number of aliphatic carboxylic acids is 1. The fourth-order valence-electron chi connectivity index (χ4n) is 2.42. The van der Waals surface area contributed by atoms with E-state index in [9.17, 15) is 4.79 Å². The quantitative estimate of drug-likeness (QED) is 0.830. The molecule has 7 heteroatoms. The van der Waals surface area contributed by atoms with Crippen LogP contribution in [0.3, 0.4) is 0 Å². The van der Waals surface area contributed by atoms with Crippen LogP contribution in [0.25, 0.3) is 0 Å². The number of ether oxygens (including phenoxy) is 1. The van der Waals surface area contributed by atoms with Crippen molar-refractivity contribution in [2.45, 2.75) is 45.1 Å². The zero-order valence-corrected chi connectivity index (χ0v) is 11.2. The molecule has 7 nitrogen and oxygen atoms in total. The number of nitrogens with zero attached hydrogens (tertiary/aromatic N) is 4. The summed E-state index contributed by atoms with van der Waals surface area (Å²) < 4.78 is 7.11. The summed E-state index contributed by atoms with van der Waals surface area (Å²) in [6.45, 7) is 4.04. The van der Waals surface area contributed by atoms with E-state index in [-0.39, 0.29) is 12.3 Å². The number of aromatic nitrogens is 4. The van der Waals surface area contributed by atoms with E-state index >= 15 is 0 Å². The van der Waals surface area contributed by atoms with Gasteiger partial charge in [0.2, 0.25) is 0 Å². The Balaban J connectivity index is 2.03. The topological polar surface area (TPSA) is 90.1 Å². The predicted octanol–water partition coefficient (Wildman–Crippen LogP) is 1.07. The molecule has 1 aromatic rings. The lowest BCUT2D eigenvalue weighted by atomic mass is 9.98. The molecule has 1 saturated heterocycles. The molecule has 1 aliphatic heterocycles. The first kappa shape index (κ1) is 13.9. The van der Waals surface area contributed by atoms with E-state index in [2.05, 4.69) is 15.5 Å². The van der Waals surface area contributed by atoms with Gasteiger partial charge < -0.3 is 9.84 Å². The Hall–Kier alpha value is -1.50. The molecule has 1 aliphatic rings. The minimum atomic E-state index is -0.771. The van der Waals surface area contributed by atoms with E-state index < -0.39 is 5.97 Å². The molecule has 1 N–H and O–H groups in total. The molecule has 0 radical (unpaired) electrons. The number of carbonyl (C=O) groups is 1. The lowest BCUT2D eigenvalue weighted by Gasteiger charge is -2.22. The predicted molar refractivity (Wildman–Crippen MR) is 66.6 cm³/mol. The maximum Gasteiger partial charge on any atom is 0.303 e. The van der Waals surface area contributed by atoms with Crippen LogP contribution in [0.5, 0.6) is 0 Å². The van der Waals surface area contributed by atoms with Gasteiger partial charge in [0.05, 0.1) is 0 Å². The summed E-state index contributed by atoms with van der Waals surface area (Å²) in [5, 5.41) is 20.7. The second kappa shape index (κ2) is 6.60. The maximum atomic E-state index is 10.8. The standard InChI is InChI=1S/C12H20N4O3/c1-2-9(7-11(17)18)8-16-12(13-14-15-16)10-3-5-19-6-4-10/h9-10H,2-8H2,1H3,(H,17,18). The molecule has 1 unspecified atom stereocenters. The van der Waals surface area contributed by atoms with E-state index in [4.69, 9.17) is 9.84 Å². The Bertz CT molecular complexity index is 415. The highest BCUT2D eigenvalue weighted by atomic mass is 16.5. The first-order chi connectivity index (χ1) is 9.20. The zero-order chi connectivity index (χ0) is 13.7. The number of hydrogen-bond donors (Lipinski definition) is 1. The van der Waals surface area contributed by atoms with E-state index in [1.54, 1.807) is 4.68 Å². The minimum Gasteiger partial charge on any atom is -0.481 e. The van der Waals surface area contributed by atoms with Gasteiger partial charge in [0.1, 0.15) is 0 Å². The van der Waals surface area contributed by atoms with Gasteiger partial charge in [-0.15, -0.1) is 5.10 Å². The second-order valence-corrected chi connectivity index (χ2v) is 4.98. The summed E-state index contributed by atoms with van der Waals surface area (Å²) in [4.78, 5) is 10.8. The van der Waals surface area contributed by atoms with Crippen molar-refractivity contribution in [1.82, 2.24) is 20.2 Å². The van der Waals surface area contributed by atoms with Gasteiger partial charge in [0.25, 0.3) is 0 Å². The van der Waals surface area contributed by atoms with Crippen molar-refractivity contribution < 1.29 is 14.6 Å². The van der Waals surface area contributed by atoms with Crippen molar-refractivity contribution in [2.24, 2.45) is 5.92 Å². The largest absolute Gasteiger partial charge is 0.481 e. The van der Waals surface area contributed by atoms with Crippen molar-refractivity contribution in [1.29, 1.82) is 0 Å². The van der Waals surface area contributed by atoms with Crippen molar-refractivity contribution in [3.63, 3.8) is 0 Å². The lowest BCUT2D eigenvalue weighted by Crippen LogP contribution is -2.22. The van der Waals surface area contributed by atoms with Crippen LogP contribution in [0.15, 0.2) is 0 Å². The zero-order valence-electron chi connectivity index (χ0n) is 11.2. The van der Waals surface area contributed by atoms with Crippen molar-refractivity contribution in [2.75, 3.05) is 13.2 Å². The van der Waals surface area contributed by atoms with Gasteiger partial charge >= 0.3 is 5.97 Å². The lowest BCUT2D eigenvalue weighted by molar-refractivity contribution is -0.138. The Morgan fingerprint density at radius 3 is 2.89 bits per heavy atom. The number of carboxylic acid groups (broad SMARTS) is 1. The monoisotopic (exact) mass is 268 g/mol. The highest BCUT2D eigenvalue weighted by molar-refractivity contribution is 5.66. The summed E-state index contributed by atoms with van der Waals surface area (Å²) >= 11 is 0. The molecule has 1 fully saturated rings. The smallest absolute Gasteiger partial charge is 0.303 e. The number of hydrogen-bond acceptors (Lipinski definition) is 5. The molecule has 19 heavy (non-hydrogen) atoms. The molecule has 1 atom stereocenters. The van der Waals surface area contributed by atoms with Crippen molar-refractivity contribution >= 4 is 5.97 Å². The molecule has 2 heterocycles. The van der Waals surface area contributed by atoms with Crippen LogP contribution in [0.2, 0.25) is 0 Å². The molecule has 0 saturated carbocycles. The fraction of sp³-hybridized carbons (Fsp3) is 0.833. The third-order valence-electron chi connectivity index (χ3n) is 3.62. The summed E-state index contributed by atoms with van der Waals surface area (Å²) in [6, 6.07) is 0. The van der Waals surface area contributed by atoms with Crippen molar-refractivity contribution in [3.05, 3.63) is 5.82 Å². The van der Waals surface area contributed by atoms with E-state index in [1.807, 2.05) is 6.92 Å². The Labute approximate surface area is 111 Å². The fourth-order valence-corrected chi connectivity index (χ4v) is 2.42. The average Bonchev–Trinajstić information content (AvgIpc) is 2.86. The Morgan fingerprint density at radius 2 is 2.26 bits per heavy atom. The first-order valence-electron chi connectivity index (χ1n) is 6.76. The van der Waals surface area contributed by atoms with Gasteiger partial charge in [0.15, 0.2) is 5.82 Å². The third-order valence-corrected chi connectivity index (χ3v) is 3.62. The third kappa shape index (κ3) is 3.73. The van der Waals surface area contributed by atoms with Crippen LogP contribution in [0.4, 0.5) is 0 Å². The van der Waals surface area contributed by atoms with Gasteiger partial charge in [0, 0.05) is 32.1 Å². The summed E-state index contributed by atoms with van der Waals surface area (Å²) in [7, 11) is 0. The molecular formula is C12H20N4O3. The average molecular weight is 268 g/mol. The van der Waals surface area contributed by atoms with Crippen LogP contribution in [-0.4, -0.2) is 44.5 Å². The molecular weight excluding hydrogens is 248 g/mol. The van der Waals surface area contributed by atoms with E-state index in [0.717, 1.165) is 38.3 Å². The molecule has 2 rings (SSSR count). The van der Waals surface area contributed by atoms with Gasteiger partial charge in [-0.1, -0.05) is 13.3 Å². The minimum absolute atomic E-state index is 0.0691. The van der Waals surface area contributed by atoms with Crippen LogP contribution in [-0.2, 0) is 16.1 Å². The summed E-state index contributed by atoms with van der Waals surface area (Å²) in [5.74, 6) is 0.491. The molecule has 0 amide bonds. The Kier molecular flexibility index (Phi) is 4.84. The van der Waals surface area contributed by atoms with Crippen LogP contribution >= 0.6 is 0 Å². The number of tetrazole rings is 1. The highest BCUT2D eigenvalue weighted by Crippen LogP contribution is 2.25. The molecule has 1 aromatic heterocycles. The molecule has 0 bridgehead atoms. The molecule has 0 aliphatic carbocycles. The van der Waals surface area contributed by atoms with E-state index in [0.29, 0.717) is 12.5 Å². The number of carboxylic acids is 1. The normalized spacial score (nSPS) is 18.4. The molecule has 106 valence electrons. The van der Waals surface area contributed by atoms with Crippen LogP contribution < -0.4 is 0 Å². The maximum absolute atomic E-state index is 10.8. The first-order valence-corrected chi connectivity index (χ1v) is 6.76. The van der Waals surface area contributed by atoms with Crippen molar-refractivity contribution in [3.8, 4) is 0 Å². The Morgan fingerprint density at radius 1 is 1.53 bits per heavy atom. The summed E-state index contributed by atoms with van der Waals surface area (Å²) in [5.41, 5.74) is 0. The van der Waals surface area contributed by atoms with Gasteiger partial charge in [-0.05, 0) is 29.2 Å². The van der Waals surface area contributed by atoms with Crippen LogP contribution in [0.1, 0.15) is 44.3 Å². The molecule has 0 aromatic carbocycles. The second-order valence-electron chi connectivity index (χ2n) is 4.98. The SMILES string of the molecule is CCC(CC(=O)O)Cn1nnnc1C1CCOCC1. The van der Waals surface area contributed by atoms with Gasteiger partial charge in [-0.2, -0.15) is 0 Å². The molecule has 0 spiro atoms. The highest BCUT2D eigenvalue weighted by Gasteiger charge is 2.23. The van der Waals surface area contributed by atoms with Crippen LogP contribution in [0, 0.1) is 5.92 Å². The van der Waals surface area contributed by atoms with E-state index in [1.165, 1.54) is 0 Å². The van der Waals surface area contributed by atoms with Gasteiger partial charge in [-0.3, -0.25) is 4.79 Å². The number of rotatable bonds is 6.